The maximum absolute atomic E-state index is 12.5. The number of nitro benzene ring substituents is 1. The highest BCUT2D eigenvalue weighted by Crippen LogP contribution is 2.48. The molecule has 0 saturated carbocycles. The van der Waals surface area contributed by atoms with Gasteiger partial charge >= 0.3 is 0 Å². The number of nitro groups is 1. The number of hydrogen-bond acceptors (Lipinski definition) is 6. The number of carbonyl (C=O) groups excluding carboxylic acids is 1. The molecule has 0 N–H and O–H groups in total. The van der Waals surface area contributed by atoms with Crippen LogP contribution >= 0.6 is 11.8 Å². The topological polar surface area (TPSA) is 81.9 Å². The molecule has 2 aliphatic rings. The predicted molar refractivity (Wildman–Crippen MR) is 97.8 cm³/mol. The van der Waals surface area contributed by atoms with Crippen LogP contribution in [0.5, 0.6) is 11.5 Å². The minimum Gasteiger partial charge on any atom is -0.454 e. The Labute approximate surface area is 154 Å². The van der Waals surface area contributed by atoms with Gasteiger partial charge in [-0.3, -0.25) is 19.8 Å². The summed E-state index contributed by atoms with van der Waals surface area (Å²) in [5.41, 5.74) is 3.29. The van der Waals surface area contributed by atoms with Crippen LogP contribution in [0.2, 0.25) is 0 Å². The minimum absolute atomic E-state index is 0.0353. The van der Waals surface area contributed by atoms with Crippen LogP contribution in [0.1, 0.15) is 22.1 Å². The number of hydrogen-bond donors (Lipinski definition) is 0. The van der Waals surface area contributed by atoms with Crippen molar-refractivity contribution < 1.29 is 19.2 Å². The number of rotatable bonds is 3. The molecule has 0 aliphatic carbocycles. The quantitative estimate of drug-likeness (QED) is 0.603. The number of carbonyl (C=O) groups is 1. The van der Waals surface area contributed by atoms with Crippen molar-refractivity contribution >= 4 is 29.0 Å². The molecule has 0 aromatic heterocycles. The summed E-state index contributed by atoms with van der Waals surface area (Å²) in [5, 5.41) is 11.1. The fourth-order valence-corrected chi connectivity index (χ4v) is 4.31. The van der Waals surface area contributed by atoms with Crippen LogP contribution in [0.3, 0.4) is 0 Å². The molecule has 1 fully saturated rings. The molecule has 134 valence electrons. The Balaban J connectivity index is 1.82. The normalized spacial score (nSPS) is 18.5. The van der Waals surface area contributed by atoms with Crippen molar-refractivity contribution in [3.05, 3.63) is 57.1 Å². The molecule has 2 aliphatic heterocycles. The molecule has 2 heterocycles. The number of ether oxygens (including phenoxy) is 2. The summed E-state index contributed by atoms with van der Waals surface area (Å²) in [5.74, 6) is 1.01. The molecule has 1 amide bonds. The van der Waals surface area contributed by atoms with Crippen LogP contribution in [0.15, 0.2) is 30.3 Å². The van der Waals surface area contributed by atoms with Crippen molar-refractivity contribution in [1.29, 1.82) is 0 Å². The van der Waals surface area contributed by atoms with Gasteiger partial charge in [-0.1, -0.05) is 6.07 Å². The van der Waals surface area contributed by atoms with Crippen molar-refractivity contribution in [2.24, 2.45) is 0 Å². The van der Waals surface area contributed by atoms with Gasteiger partial charge in [0.25, 0.3) is 5.69 Å². The van der Waals surface area contributed by atoms with E-state index >= 15 is 0 Å². The van der Waals surface area contributed by atoms with Gasteiger partial charge in [-0.2, -0.15) is 0 Å². The molecule has 0 radical (unpaired) electrons. The molecule has 4 rings (SSSR count). The molecule has 8 heteroatoms. The van der Waals surface area contributed by atoms with Crippen molar-refractivity contribution in [2.75, 3.05) is 17.4 Å². The van der Waals surface area contributed by atoms with Crippen LogP contribution in [-0.4, -0.2) is 23.4 Å². The number of fused-ring (bicyclic) bond motifs is 1. The molecule has 1 saturated heterocycles. The second kappa shape index (κ2) is 6.21. The molecule has 0 bridgehead atoms. The maximum Gasteiger partial charge on any atom is 0.279 e. The van der Waals surface area contributed by atoms with Gasteiger partial charge < -0.3 is 9.47 Å². The first kappa shape index (κ1) is 16.7. The average molecular weight is 372 g/mol. The van der Waals surface area contributed by atoms with E-state index in [0.29, 0.717) is 17.1 Å². The van der Waals surface area contributed by atoms with Crippen LogP contribution in [0.4, 0.5) is 11.4 Å². The lowest BCUT2D eigenvalue weighted by Crippen LogP contribution is -2.28. The van der Waals surface area contributed by atoms with Gasteiger partial charge in [-0.05, 0) is 43.2 Å². The summed E-state index contributed by atoms with van der Waals surface area (Å²) in [6, 6.07) is 8.75. The third-order valence-corrected chi connectivity index (χ3v) is 5.82. The Morgan fingerprint density at radius 3 is 2.58 bits per heavy atom. The fourth-order valence-electron chi connectivity index (χ4n) is 3.11. The highest BCUT2D eigenvalue weighted by molar-refractivity contribution is 8.00. The van der Waals surface area contributed by atoms with Gasteiger partial charge in [0, 0.05) is 5.69 Å². The van der Waals surface area contributed by atoms with E-state index in [9.17, 15) is 14.9 Å². The Morgan fingerprint density at radius 2 is 1.88 bits per heavy atom. The highest BCUT2D eigenvalue weighted by atomic mass is 32.2. The Kier molecular flexibility index (Phi) is 3.99. The van der Waals surface area contributed by atoms with E-state index < -0.39 is 10.3 Å². The van der Waals surface area contributed by atoms with Gasteiger partial charge in [-0.15, -0.1) is 11.8 Å². The summed E-state index contributed by atoms with van der Waals surface area (Å²) >= 11 is 1.37. The van der Waals surface area contributed by atoms with Gasteiger partial charge in [-0.25, -0.2) is 0 Å². The lowest BCUT2D eigenvalue weighted by molar-refractivity contribution is -0.385. The zero-order valence-electron chi connectivity index (χ0n) is 14.2. The zero-order chi connectivity index (χ0) is 18.4. The van der Waals surface area contributed by atoms with Crippen molar-refractivity contribution in [2.45, 2.75) is 19.2 Å². The summed E-state index contributed by atoms with van der Waals surface area (Å²) in [6.45, 7) is 4.01. The monoisotopic (exact) mass is 372 g/mol. The largest absolute Gasteiger partial charge is 0.454 e. The molecule has 26 heavy (non-hydrogen) atoms. The van der Waals surface area contributed by atoms with E-state index in [2.05, 4.69) is 0 Å². The summed E-state index contributed by atoms with van der Waals surface area (Å²) in [4.78, 5) is 25.3. The Bertz CT molecular complexity index is 930. The summed E-state index contributed by atoms with van der Waals surface area (Å²) in [7, 11) is 0. The first-order chi connectivity index (χ1) is 12.5. The smallest absolute Gasteiger partial charge is 0.279 e. The number of nitrogens with zero attached hydrogens (tertiary/aromatic N) is 2. The minimum atomic E-state index is -0.487. The first-order valence-corrected chi connectivity index (χ1v) is 9.09. The highest BCUT2D eigenvalue weighted by Gasteiger charge is 2.39. The lowest BCUT2D eigenvalue weighted by atomic mass is 10.1. The van der Waals surface area contributed by atoms with Crippen LogP contribution in [0.25, 0.3) is 0 Å². The van der Waals surface area contributed by atoms with E-state index in [-0.39, 0.29) is 24.1 Å². The summed E-state index contributed by atoms with van der Waals surface area (Å²) in [6.07, 6.45) is 0. The van der Waals surface area contributed by atoms with E-state index in [1.807, 2.05) is 32.0 Å². The number of anilines is 1. The predicted octanol–water partition coefficient (Wildman–Crippen LogP) is 3.72. The SMILES string of the molecule is Cc1ccc(N2C(=O)CSC2c2cc3c(cc2[N+](=O)[O-])OCO3)cc1C. The van der Waals surface area contributed by atoms with Crippen LogP contribution in [-0.2, 0) is 4.79 Å². The third-order valence-electron chi connectivity index (χ3n) is 4.62. The van der Waals surface area contributed by atoms with Crippen LogP contribution < -0.4 is 14.4 Å². The first-order valence-electron chi connectivity index (χ1n) is 8.04. The third kappa shape index (κ3) is 2.66. The Morgan fingerprint density at radius 1 is 1.15 bits per heavy atom. The van der Waals surface area contributed by atoms with E-state index in [1.54, 1.807) is 11.0 Å². The van der Waals surface area contributed by atoms with E-state index in [1.165, 1.54) is 17.8 Å². The van der Waals surface area contributed by atoms with Crippen molar-refractivity contribution in [3.63, 3.8) is 0 Å². The van der Waals surface area contributed by atoms with E-state index in [4.69, 9.17) is 9.47 Å². The van der Waals surface area contributed by atoms with Crippen LogP contribution in [0, 0.1) is 24.0 Å². The molecule has 2 aromatic rings. The standard InChI is InChI=1S/C18H16N2O5S/c1-10-3-4-12(5-11(10)2)19-17(21)8-26-18(19)13-6-15-16(25-9-24-15)7-14(13)20(22)23/h3-7,18H,8-9H2,1-2H3. The van der Waals surface area contributed by atoms with Crippen molar-refractivity contribution in [1.82, 2.24) is 0 Å². The molecule has 7 nitrogen and oxygen atoms in total. The Hall–Kier alpha value is -2.74. The molecule has 2 aromatic carbocycles. The second-order valence-electron chi connectivity index (χ2n) is 6.22. The van der Waals surface area contributed by atoms with Crippen molar-refractivity contribution in [3.8, 4) is 11.5 Å². The molecule has 1 atom stereocenters. The average Bonchev–Trinajstić information content (AvgIpc) is 3.22. The van der Waals surface area contributed by atoms with Gasteiger partial charge in [0.1, 0.15) is 5.37 Å². The number of aryl methyl sites for hydroxylation is 2. The number of thioether (sulfide) groups is 1. The van der Waals surface area contributed by atoms with Gasteiger partial charge in [0.15, 0.2) is 11.5 Å². The van der Waals surface area contributed by atoms with E-state index in [0.717, 1.165) is 16.8 Å². The van der Waals surface area contributed by atoms with Gasteiger partial charge in [0.05, 0.1) is 22.3 Å². The molecule has 0 spiro atoms. The lowest BCUT2D eigenvalue weighted by Gasteiger charge is -2.25. The molecular formula is C18H16N2O5S. The second-order valence-corrected chi connectivity index (χ2v) is 7.29. The number of amides is 1. The molecule has 1 unspecified atom stereocenters. The zero-order valence-corrected chi connectivity index (χ0v) is 15.0. The fraction of sp³-hybridized carbons (Fsp3) is 0.278. The summed E-state index contributed by atoms with van der Waals surface area (Å²) < 4.78 is 10.6. The van der Waals surface area contributed by atoms with Gasteiger partial charge in [0.2, 0.25) is 12.7 Å². The number of benzene rings is 2. The molecular weight excluding hydrogens is 356 g/mol. The maximum atomic E-state index is 12.5.